The van der Waals surface area contributed by atoms with E-state index in [-0.39, 0.29) is 11.9 Å². The Labute approximate surface area is 172 Å². The minimum Gasteiger partial charge on any atom is -0.366 e. The molecule has 2 aromatic rings. The van der Waals surface area contributed by atoms with Gasteiger partial charge in [0.2, 0.25) is 11.9 Å². The van der Waals surface area contributed by atoms with E-state index in [1.165, 1.54) is 38.6 Å². The van der Waals surface area contributed by atoms with E-state index in [1.54, 1.807) is 4.52 Å². The summed E-state index contributed by atoms with van der Waals surface area (Å²) in [6, 6.07) is 0. The molecule has 0 aromatic carbocycles. The molecule has 0 unspecified atom stereocenters. The molecule has 4 rings (SSSR count). The van der Waals surface area contributed by atoms with Crippen molar-refractivity contribution in [2.24, 2.45) is 5.92 Å². The number of rotatable bonds is 5. The molecule has 0 bridgehead atoms. The predicted molar refractivity (Wildman–Crippen MR) is 113 cm³/mol. The molecule has 2 fully saturated rings. The van der Waals surface area contributed by atoms with E-state index in [0.29, 0.717) is 18.6 Å². The SMILES string of the molecule is Cc1nc2nc(N)nn2c(C)c1CCC(=O)N1CCN(CC2CCCCC2)CC1. The van der Waals surface area contributed by atoms with Gasteiger partial charge in [0.15, 0.2) is 0 Å². The Morgan fingerprint density at radius 3 is 2.52 bits per heavy atom. The molecule has 8 nitrogen and oxygen atoms in total. The summed E-state index contributed by atoms with van der Waals surface area (Å²) in [6.07, 6.45) is 8.13. The predicted octanol–water partition coefficient (Wildman–Crippen LogP) is 1.98. The number of nitrogen functional groups attached to an aromatic ring is 1. The highest BCUT2D eigenvalue weighted by Crippen LogP contribution is 2.25. The average molecular weight is 400 g/mol. The number of nitrogens with zero attached hydrogens (tertiary/aromatic N) is 6. The lowest BCUT2D eigenvalue weighted by atomic mass is 9.89. The number of carbonyl (C=O) groups is 1. The zero-order valence-electron chi connectivity index (χ0n) is 17.7. The Hall–Kier alpha value is -2.22. The number of aryl methyl sites for hydroxylation is 2. The number of piperazine rings is 1. The lowest BCUT2D eigenvalue weighted by Crippen LogP contribution is -2.49. The van der Waals surface area contributed by atoms with Gasteiger partial charge in [-0.05, 0) is 44.6 Å². The molecule has 2 aliphatic rings. The van der Waals surface area contributed by atoms with E-state index in [1.807, 2.05) is 18.7 Å². The van der Waals surface area contributed by atoms with Crippen molar-refractivity contribution >= 4 is 17.6 Å². The first-order chi connectivity index (χ1) is 14.0. The minimum absolute atomic E-state index is 0.222. The van der Waals surface area contributed by atoms with Crippen LogP contribution in [0, 0.1) is 19.8 Å². The van der Waals surface area contributed by atoms with E-state index in [9.17, 15) is 4.79 Å². The lowest BCUT2D eigenvalue weighted by Gasteiger charge is -2.37. The maximum atomic E-state index is 12.8. The van der Waals surface area contributed by atoms with Gasteiger partial charge in [-0.2, -0.15) is 9.50 Å². The van der Waals surface area contributed by atoms with Gasteiger partial charge in [-0.3, -0.25) is 9.69 Å². The van der Waals surface area contributed by atoms with Gasteiger partial charge in [-0.25, -0.2) is 4.98 Å². The first kappa shape index (κ1) is 20.1. The van der Waals surface area contributed by atoms with Crippen LogP contribution in [0.1, 0.15) is 55.5 Å². The summed E-state index contributed by atoms with van der Waals surface area (Å²) in [4.78, 5) is 26.0. The van der Waals surface area contributed by atoms with Crippen LogP contribution < -0.4 is 5.73 Å². The standard InChI is InChI=1S/C21H33N7O/c1-15-18(16(2)28-21(23-15)24-20(22)25-28)8-9-19(29)27-12-10-26(11-13-27)14-17-6-4-3-5-7-17/h17H,3-14H2,1-2H3,(H2,22,25). The third kappa shape index (κ3) is 4.52. The zero-order valence-corrected chi connectivity index (χ0v) is 17.7. The molecule has 1 aliphatic carbocycles. The van der Waals surface area contributed by atoms with Crippen LogP contribution in [-0.4, -0.2) is 68.0 Å². The Bertz CT molecular complexity index is 864. The average Bonchev–Trinajstić information content (AvgIpc) is 3.09. The van der Waals surface area contributed by atoms with Gasteiger partial charge in [-0.15, -0.1) is 5.10 Å². The number of fused-ring (bicyclic) bond motifs is 1. The zero-order chi connectivity index (χ0) is 20.4. The minimum atomic E-state index is 0.222. The van der Waals surface area contributed by atoms with Gasteiger partial charge < -0.3 is 10.6 Å². The number of hydrogen-bond donors (Lipinski definition) is 1. The van der Waals surface area contributed by atoms with Gasteiger partial charge in [0.05, 0.1) is 0 Å². The normalized spacial score (nSPS) is 19.2. The molecule has 1 amide bonds. The topological polar surface area (TPSA) is 92.6 Å². The molecule has 1 saturated heterocycles. The van der Waals surface area contributed by atoms with Gasteiger partial charge in [0.25, 0.3) is 5.78 Å². The number of amides is 1. The second-order valence-electron chi connectivity index (χ2n) is 8.63. The number of nitrogens with two attached hydrogens (primary N) is 1. The highest BCUT2D eigenvalue weighted by Gasteiger charge is 2.24. The van der Waals surface area contributed by atoms with Crippen molar-refractivity contribution in [3.8, 4) is 0 Å². The summed E-state index contributed by atoms with van der Waals surface area (Å²) in [5.74, 6) is 1.84. The van der Waals surface area contributed by atoms with Crippen LogP contribution >= 0.6 is 0 Å². The van der Waals surface area contributed by atoms with E-state index >= 15 is 0 Å². The smallest absolute Gasteiger partial charge is 0.254 e. The molecule has 29 heavy (non-hydrogen) atoms. The highest BCUT2D eigenvalue weighted by atomic mass is 16.2. The van der Waals surface area contributed by atoms with E-state index in [0.717, 1.165) is 49.0 Å². The highest BCUT2D eigenvalue weighted by molar-refractivity contribution is 5.76. The molecule has 1 saturated carbocycles. The largest absolute Gasteiger partial charge is 0.366 e. The van der Waals surface area contributed by atoms with Crippen molar-refractivity contribution < 1.29 is 4.79 Å². The van der Waals surface area contributed by atoms with Crippen molar-refractivity contribution in [2.75, 3.05) is 38.5 Å². The fraction of sp³-hybridized carbons (Fsp3) is 0.714. The van der Waals surface area contributed by atoms with Crippen molar-refractivity contribution in [3.63, 3.8) is 0 Å². The maximum Gasteiger partial charge on any atom is 0.254 e. The molecule has 2 aromatic heterocycles. The molecular formula is C21H33N7O. The van der Waals surface area contributed by atoms with Crippen LogP contribution in [0.4, 0.5) is 5.95 Å². The summed E-state index contributed by atoms with van der Waals surface area (Å²) >= 11 is 0. The maximum absolute atomic E-state index is 12.8. The first-order valence-electron chi connectivity index (χ1n) is 11.0. The van der Waals surface area contributed by atoms with E-state index in [4.69, 9.17) is 5.73 Å². The van der Waals surface area contributed by atoms with Gasteiger partial charge >= 0.3 is 0 Å². The fourth-order valence-electron chi connectivity index (χ4n) is 4.89. The Morgan fingerprint density at radius 1 is 1.07 bits per heavy atom. The third-order valence-corrected chi connectivity index (χ3v) is 6.62. The van der Waals surface area contributed by atoms with Gasteiger partial charge in [0.1, 0.15) is 0 Å². The molecule has 3 heterocycles. The first-order valence-corrected chi connectivity index (χ1v) is 11.0. The molecule has 2 N–H and O–H groups in total. The molecule has 158 valence electrons. The monoisotopic (exact) mass is 399 g/mol. The van der Waals surface area contributed by atoms with Gasteiger partial charge in [0, 0.05) is 50.5 Å². The van der Waals surface area contributed by atoms with E-state index in [2.05, 4.69) is 20.0 Å². The number of anilines is 1. The number of aromatic nitrogens is 4. The van der Waals surface area contributed by atoms with Crippen molar-refractivity contribution in [1.82, 2.24) is 29.4 Å². The van der Waals surface area contributed by atoms with E-state index < -0.39 is 0 Å². The van der Waals surface area contributed by atoms with Crippen LogP contribution in [0.25, 0.3) is 5.78 Å². The van der Waals surface area contributed by atoms with Crippen molar-refractivity contribution in [3.05, 3.63) is 17.0 Å². The fourth-order valence-corrected chi connectivity index (χ4v) is 4.89. The van der Waals surface area contributed by atoms with Crippen LogP contribution in [-0.2, 0) is 11.2 Å². The summed E-state index contributed by atoms with van der Waals surface area (Å²) in [6.45, 7) is 8.87. The molecular weight excluding hydrogens is 366 g/mol. The summed E-state index contributed by atoms with van der Waals surface area (Å²) < 4.78 is 1.67. The lowest BCUT2D eigenvalue weighted by molar-refractivity contribution is -0.133. The number of hydrogen-bond acceptors (Lipinski definition) is 6. The van der Waals surface area contributed by atoms with Crippen molar-refractivity contribution in [1.29, 1.82) is 0 Å². The second kappa shape index (κ2) is 8.65. The van der Waals surface area contributed by atoms with Crippen molar-refractivity contribution in [2.45, 2.75) is 58.8 Å². The molecule has 0 atom stereocenters. The van der Waals surface area contributed by atoms with Crippen LogP contribution in [0.2, 0.25) is 0 Å². The second-order valence-corrected chi connectivity index (χ2v) is 8.63. The molecule has 8 heteroatoms. The molecule has 1 aliphatic heterocycles. The summed E-state index contributed by atoms with van der Waals surface area (Å²) in [7, 11) is 0. The Balaban J connectivity index is 1.30. The molecule has 0 radical (unpaired) electrons. The van der Waals surface area contributed by atoms with Crippen LogP contribution in [0.5, 0.6) is 0 Å². The van der Waals surface area contributed by atoms with Gasteiger partial charge in [-0.1, -0.05) is 19.3 Å². The third-order valence-electron chi connectivity index (χ3n) is 6.62. The summed E-state index contributed by atoms with van der Waals surface area (Å²) in [5.41, 5.74) is 8.62. The summed E-state index contributed by atoms with van der Waals surface area (Å²) in [5, 5.41) is 4.21. The molecule has 0 spiro atoms. The Morgan fingerprint density at radius 2 is 1.79 bits per heavy atom. The Kier molecular flexibility index (Phi) is 5.99. The van der Waals surface area contributed by atoms with Crippen LogP contribution in [0.15, 0.2) is 0 Å². The number of carbonyl (C=O) groups excluding carboxylic acids is 1. The van der Waals surface area contributed by atoms with Crippen LogP contribution in [0.3, 0.4) is 0 Å². The quantitative estimate of drug-likeness (QED) is 0.826.